The molecule has 0 bridgehead atoms. The van der Waals surface area contributed by atoms with E-state index in [2.05, 4.69) is 39.9 Å². The van der Waals surface area contributed by atoms with Crippen molar-refractivity contribution in [3.8, 4) is 17.2 Å². The standard InChI is InChI=1S/C32H38FN3O3/c1-3-5-16-36-28(31(33)34-32(36)26-11-7-6-8-12-26)23-35(21-24-10-9-13-27(19-24)37-4-2)22-25-14-15-29-30(20-25)39-18-17-38-29/h6-15,19-20,28,31H,3-5,16-18,21-23H2,1-2H3. The van der Waals surface area contributed by atoms with Gasteiger partial charge in [0.1, 0.15) is 24.8 Å². The van der Waals surface area contributed by atoms with Crippen LogP contribution in [0.3, 0.4) is 0 Å². The lowest BCUT2D eigenvalue weighted by Gasteiger charge is -2.33. The first-order valence-corrected chi connectivity index (χ1v) is 14.0. The third-order valence-electron chi connectivity index (χ3n) is 7.09. The number of benzene rings is 3. The number of unbranched alkanes of at least 4 members (excludes halogenated alkanes) is 1. The topological polar surface area (TPSA) is 46.5 Å². The van der Waals surface area contributed by atoms with Gasteiger partial charge in [0.2, 0.25) is 6.30 Å². The lowest BCUT2D eigenvalue weighted by molar-refractivity contribution is 0.133. The van der Waals surface area contributed by atoms with Crippen LogP contribution in [0.1, 0.15) is 43.4 Å². The van der Waals surface area contributed by atoms with Gasteiger partial charge in [0, 0.05) is 31.7 Å². The van der Waals surface area contributed by atoms with Crippen LogP contribution in [0.4, 0.5) is 4.39 Å². The van der Waals surface area contributed by atoms with E-state index in [1.165, 1.54) is 0 Å². The maximum absolute atomic E-state index is 15.7. The summed E-state index contributed by atoms with van der Waals surface area (Å²) in [7, 11) is 0. The van der Waals surface area contributed by atoms with E-state index < -0.39 is 6.30 Å². The molecule has 2 heterocycles. The van der Waals surface area contributed by atoms with Gasteiger partial charge < -0.3 is 19.1 Å². The van der Waals surface area contributed by atoms with Crippen molar-refractivity contribution in [3.05, 3.63) is 89.5 Å². The first kappa shape index (κ1) is 27.0. The van der Waals surface area contributed by atoms with Crippen molar-refractivity contribution in [2.45, 2.75) is 52.1 Å². The van der Waals surface area contributed by atoms with Gasteiger partial charge in [0.15, 0.2) is 11.5 Å². The van der Waals surface area contributed by atoms with Gasteiger partial charge in [-0.15, -0.1) is 0 Å². The summed E-state index contributed by atoms with van der Waals surface area (Å²) < 4.78 is 33.0. The van der Waals surface area contributed by atoms with Crippen molar-refractivity contribution < 1.29 is 18.6 Å². The smallest absolute Gasteiger partial charge is 0.213 e. The molecule has 2 unspecified atom stereocenters. The van der Waals surface area contributed by atoms with E-state index in [1.54, 1.807) is 0 Å². The molecule has 2 atom stereocenters. The molecule has 0 saturated carbocycles. The molecule has 39 heavy (non-hydrogen) atoms. The van der Waals surface area contributed by atoms with Crippen LogP contribution in [0.2, 0.25) is 0 Å². The molecule has 3 aromatic carbocycles. The Bertz CT molecular complexity index is 1250. The Balaban J connectivity index is 1.41. The van der Waals surface area contributed by atoms with E-state index in [0.717, 1.165) is 59.2 Å². The maximum Gasteiger partial charge on any atom is 0.213 e. The van der Waals surface area contributed by atoms with Gasteiger partial charge in [-0.1, -0.05) is 61.9 Å². The van der Waals surface area contributed by atoms with Crippen LogP contribution < -0.4 is 14.2 Å². The van der Waals surface area contributed by atoms with Crippen LogP contribution in [0.15, 0.2) is 77.8 Å². The second kappa shape index (κ2) is 13.0. The van der Waals surface area contributed by atoms with Gasteiger partial charge >= 0.3 is 0 Å². The minimum Gasteiger partial charge on any atom is -0.494 e. The summed E-state index contributed by atoms with van der Waals surface area (Å²) in [6, 6.07) is 23.8. The molecule has 0 aliphatic carbocycles. The summed E-state index contributed by atoms with van der Waals surface area (Å²) in [6.45, 7) is 8.46. The van der Waals surface area contributed by atoms with Crippen LogP contribution in [-0.2, 0) is 13.1 Å². The summed E-state index contributed by atoms with van der Waals surface area (Å²) in [5, 5.41) is 0. The highest BCUT2D eigenvalue weighted by Crippen LogP contribution is 2.32. The predicted octanol–water partition coefficient (Wildman–Crippen LogP) is 6.09. The molecule has 7 heteroatoms. The first-order chi connectivity index (χ1) is 19.1. The van der Waals surface area contributed by atoms with Gasteiger partial charge in [-0.3, -0.25) is 4.90 Å². The molecule has 0 saturated heterocycles. The van der Waals surface area contributed by atoms with Crippen LogP contribution in [0.25, 0.3) is 0 Å². The zero-order chi connectivity index (χ0) is 27.0. The molecule has 0 spiro atoms. The van der Waals surface area contributed by atoms with E-state index in [4.69, 9.17) is 14.2 Å². The largest absolute Gasteiger partial charge is 0.494 e. The summed E-state index contributed by atoms with van der Waals surface area (Å²) in [4.78, 5) is 9.01. The lowest BCUT2D eigenvalue weighted by atomic mass is 10.1. The quantitative estimate of drug-likeness (QED) is 0.265. The van der Waals surface area contributed by atoms with E-state index in [-0.39, 0.29) is 6.04 Å². The highest BCUT2D eigenvalue weighted by molar-refractivity contribution is 6.00. The number of hydrogen-bond donors (Lipinski definition) is 0. The monoisotopic (exact) mass is 531 g/mol. The molecule has 0 aromatic heterocycles. The molecule has 6 nitrogen and oxygen atoms in total. The van der Waals surface area contributed by atoms with Gasteiger partial charge in [-0.2, -0.15) is 0 Å². The molecule has 0 amide bonds. The number of hydrogen-bond acceptors (Lipinski definition) is 6. The van der Waals surface area contributed by atoms with E-state index in [0.29, 0.717) is 39.5 Å². The Kier molecular flexibility index (Phi) is 8.99. The second-order valence-corrected chi connectivity index (χ2v) is 10.0. The molecule has 0 N–H and O–H groups in total. The Morgan fingerprint density at radius 2 is 1.69 bits per heavy atom. The fourth-order valence-electron chi connectivity index (χ4n) is 5.25. The Morgan fingerprint density at radius 1 is 0.923 bits per heavy atom. The number of rotatable bonds is 12. The van der Waals surface area contributed by atoms with Crippen LogP contribution >= 0.6 is 0 Å². The maximum atomic E-state index is 15.7. The highest BCUT2D eigenvalue weighted by Gasteiger charge is 2.37. The van der Waals surface area contributed by atoms with Crippen LogP contribution in [0, 0.1) is 0 Å². The molecule has 2 aliphatic heterocycles. The fraction of sp³-hybridized carbons (Fsp3) is 0.406. The molecule has 5 rings (SSSR count). The number of alkyl halides is 1. The Morgan fingerprint density at radius 3 is 2.46 bits per heavy atom. The van der Waals surface area contributed by atoms with Crippen LogP contribution in [0.5, 0.6) is 17.2 Å². The lowest BCUT2D eigenvalue weighted by Crippen LogP contribution is -2.47. The van der Waals surface area contributed by atoms with Crippen molar-refractivity contribution in [2.75, 3.05) is 32.9 Å². The van der Waals surface area contributed by atoms with Crippen molar-refractivity contribution in [1.29, 1.82) is 0 Å². The summed E-state index contributed by atoms with van der Waals surface area (Å²) >= 11 is 0. The highest BCUT2D eigenvalue weighted by atomic mass is 19.1. The molecule has 206 valence electrons. The van der Waals surface area contributed by atoms with Gasteiger partial charge in [0.05, 0.1) is 12.6 Å². The van der Waals surface area contributed by atoms with Gasteiger partial charge in [-0.05, 0) is 48.7 Å². The van der Waals surface area contributed by atoms with Crippen molar-refractivity contribution in [2.24, 2.45) is 4.99 Å². The number of halogens is 1. The zero-order valence-corrected chi connectivity index (χ0v) is 22.9. The van der Waals surface area contributed by atoms with Crippen molar-refractivity contribution in [3.63, 3.8) is 0 Å². The first-order valence-electron chi connectivity index (χ1n) is 14.0. The Labute approximate surface area is 231 Å². The third-order valence-corrected chi connectivity index (χ3v) is 7.09. The van der Waals surface area contributed by atoms with Crippen molar-refractivity contribution in [1.82, 2.24) is 9.80 Å². The number of aliphatic imine (C=N–C) groups is 1. The molecular weight excluding hydrogens is 493 g/mol. The number of ether oxygens (including phenoxy) is 3. The molecule has 2 aliphatic rings. The second-order valence-electron chi connectivity index (χ2n) is 10.0. The molecule has 0 radical (unpaired) electrons. The average molecular weight is 532 g/mol. The molecular formula is C32H38FN3O3. The predicted molar refractivity (Wildman–Crippen MR) is 152 cm³/mol. The third kappa shape index (κ3) is 6.71. The zero-order valence-electron chi connectivity index (χ0n) is 22.9. The van der Waals surface area contributed by atoms with Gasteiger partial charge in [-0.25, -0.2) is 9.38 Å². The summed E-state index contributed by atoms with van der Waals surface area (Å²) in [6.07, 6.45) is 0.718. The number of nitrogens with zero attached hydrogens (tertiary/aromatic N) is 3. The molecule has 3 aromatic rings. The molecule has 0 fully saturated rings. The van der Waals surface area contributed by atoms with E-state index in [9.17, 15) is 0 Å². The summed E-state index contributed by atoms with van der Waals surface area (Å²) in [5.74, 6) is 3.13. The van der Waals surface area contributed by atoms with Gasteiger partial charge in [0.25, 0.3) is 0 Å². The summed E-state index contributed by atoms with van der Waals surface area (Å²) in [5.41, 5.74) is 3.18. The van der Waals surface area contributed by atoms with Crippen molar-refractivity contribution >= 4 is 5.84 Å². The minimum atomic E-state index is -1.30. The Hall–Kier alpha value is -3.58. The normalized spacial score (nSPS) is 18.4. The van der Waals surface area contributed by atoms with Crippen LogP contribution in [-0.4, -0.2) is 60.9 Å². The van der Waals surface area contributed by atoms with E-state index in [1.807, 2.05) is 61.5 Å². The SMILES string of the molecule is CCCCN1C(c2ccccc2)=NC(F)C1CN(Cc1cccc(OCC)c1)Cc1ccc2c(c1)OCCO2. The minimum absolute atomic E-state index is 0.376. The fourth-order valence-corrected chi connectivity index (χ4v) is 5.25. The number of amidine groups is 1. The number of fused-ring (bicyclic) bond motifs is 1. The average Bonchev–Trinajstić information content (AvgIpc) is 3.27. The van der Waals surface area contributed by atoms with E-state index >= 15 is 4.39 Å².